The maximum absolute atomic E-state index is 13.5. The molecule has 0 aliphatic rings. The van der Waals surface area contributed by atoms with Crippen molar-refractivity contribution in [2.75, 3.05) is 12.4 Å². The van der Waals surface area contributed by atoms with E-state index in [0.29, 0.717) is 5.82 Å². The maximum atomic E-state index is 13.5. The Hall–Kier alpha value is -3.15. The zero-order valence-electron chi connectivity index (χ0n) is 12.4. The highest BCUT2D eigenvalue weighted by atomic mass is 19.1. The number of H-pyrrole nitrogens is 2. The fraction of sp³-hybridized carbons (Fsp3) is 0.0588. The molecule has 0 aliphatic carbocycles. The van der Waals surface area contributed by atoms with Crippen molar-refractivity contribution in [3.63, 3.8) is 0 Å². The Labute approximate surface area is 131 Å². The van der Waals surface area contributed by atoms with Gasteiger partial charge in [0.1, 0.15) is 11.5 Å². The average molecular weight is 307 g/mol. The molecule has 0 spiro atoms. The highest BCUT2D eigenvalue weighted by molar-refractivity contribution is 5.94. The summed E-state index contributed by atoms with van der Waals surface area (Å²) in [6.07, 6.45) is 1.70. The number of anilines is 1. The zero-order valence-corrected chi connectivity index (χ0v) is 12.4. The van der Waals surface area contributed by atoms with Crippen LogP contribution >= 0.6 is 0 Å². The van der Waals surface area contributed by atoms with E-state index in [-0.39, 0.29) is 5.82 Å². The molecule has 4 rings (SSSR count). The number of hydrogen-bond donors (Lipinski definition) is 3. The quantitative estimate of drug-likeness (QED) is 0.539. The molecule has 4 aromatic rings. The van der Waals surface area contributed by atoms with Crippen molar-refractivity contribution in [2.45, 2.75) is 0 Å². The van der Waals surface area contributed by atoms with Crippen LogP contribution < -0.4 is 5.32 Å². The van der Waals surface area contributed by atoms with Gasteiger partial charge in [-0.1, -0.05) is 24.3 Å². The van der Waals surface area contributed by atoms with Crippen LogP contribution in [0.1, 0.15) is 0 Å². The molecule has 0 saturated carbocycles. The van der Waals surface area contributed by atoms with E-state index in [1.165, 1.54) is 12.1 Å². The van der Waals surface area contributed by atoms with E-state index in [1.54, 1.807) is 12.3 Å². The molecule has 2 aromatic carbocycles. The second-order valence-corrected chi connectivity index (χ2v) is 5.21. The van der Waals surface area contributed by atoms with Crippen LogP contribution in [0.15, 0.2) is 48.7 Å². The summed E-state index contributed by atoms with van der Waals surface area (Å²) in [6, 6.07) is 12.3. The molecule has 0 saturated heterocycles. The Kier molecular flexibility index (Phi) is 3.08. The number of para-hydroxylation sites is 1. The normalized spacial score (nSPS) is 11.0. The summed E-state index contributed by atoms with van der Waals surface area (Å²) in [6.45, 7) is 0. The van der Waals surface area contributed by atoms with Crippen molar-refractivity contribution in [3.8, 4) is 22.6 Å². The van der Waals surface area contributed by atoms with E-state index in [9.17, 15) is 4.39 Å². The molecule has 2 aromatic heterocycles. The number of imidazole rings is 1. The number of nitrogens with one attached hydrogen (secondary N) is 3. The van der Waals surface area contributed by atoms with Crippen LogP contribution in [0.25, 0.3) is 33.7 Å². The number of aromatic amines is 2. The lowest BCUT2D eigenvalue weighted by Gasteiger charge is -2.02. The van der Waals surface area contributed by atoms with Crippen molar-refractivity contribution in [1.82, 2.24) is 20.2 Å². The van der Waals surface area contributed by atoms with E-state index >= 15 is 0 Å². The predicted molar refractivity (Wildman–Crippen MR) is 88.6 cm³/mol. The number of nitrogens with zero attached hydrogens (tertiary/aromatic N) is 2. The van der Waals surface area contributed by atoms with Crippen molar-refractivity contribution in [3.05, 3.63) is 54.5 Å². The Bertz CT molecular complexity index is 985. The summed E-state index contributed by atoms with van der Waals surface area (Å²) in [5, 5.41) is 10.0. The fourth-order valence-corrected chi connectivity index (χ4v) is 2.70. The minimum atomic E-state index is -0.263. The largest absolute Gasteiger partial charge is 0.385 e. The fourth-order valence-electron chi connectivity index (χ4n) is 2.70. The monoisotopic (exact) mass is 307 g/mol. The topological polar surface area (TPSA) is 69.4 Å². The summed E-state index contributed by atoms with van der Waals surface area (Å²) in [5.41, 5.74) is 5.01. The number of aromatic nitrogens is 4. The molecule has 0 aliphatic heterocycles. The van der Waals surface area contributed by atoms with Crippen LogP contribution in [0.5, 0.6) is 0 Å². The average Bonchev–Trinajstić information content (AvgIpc) is 3.20. The molecule has 3 N–H and O–H groups in total. The van der Waals surface area contributed by atoms with Crippen LogP contribution in [-0.4, -0.2) is 27.2 Å². The molecular weight excluding hydrogens is 293 g/mol. The van der Waals surface area contributed by atoms with Crippen molar-refractivity contribution < 1.29 is 4.39 Å². The second kappa shape index (κ2) is 5.24. The first-order valence-corrected chi connectivity index (χ1v) is 7.22. The van der Waals surface area contributed by atoms with Gasteiger partial charge in [0.15, 0.2) is 5.82 Å². The van der Waals surface area contributed by atoms with E-state index in [2.05, 4.69) is 25.5 Å². The number of benzene rings is 2. The number of halogens is 1. The van der Waals surface area contributed by atoms with Crippen LogP contribution in [0.3, 0.4) is 0 Å². The highest BCUT2D eigenvalue weighted by Gasteiger charge is 2.14. The first-order chi connectivity index (χ1) is 11.3. The predicted octanol–water partition coefficient (Wildman–Crippen LogP) is 3.80. The standard InChI is InChI=1S/C17H14FN5/c1-19-14-9-20-23-16(14)17-21-13-7-3-6-12(15(13)22-17)10-4-2-5-11(18)8-10/h2-9,19H,1H3,(H,20,23)(H,21,22). The maximum Gasteiger partial charge on any atom is 0.158 e. The zero-order chi connectivity index (χ0) is 15.8. The van der Waals surface area contributed by atoms with Crippen LogP contribution in [0, 0.1) is 5.82 Å². The first-order valence-electron chi connectivity index (χ1n) is 7.22. The molecule has 23 heavy (non-hydrogen) atoms. The van der Waals surface area contributed by atoms with E-state index in [1.807, 2.05) is 31.3 Å². The van der Waals surface area contributed by atoms with E-state index in [0.717, 1.165) is 33.5 Å². The summed E-state index contributed by atoms with van der Waals surface area (Å²) in [7, 11) is 1.83. The second-order valence-electron chi connectivity index (χ2n) is 5.21. The Balaban J connectivity index is 1.91. The molecule has 0 radical (unpaired) electrons. The summed E-state index contributed by atoms with van der Waals surface area (Å²) in [5.74, 6) is 0.423. The van der Waals surface area contributed by atoms with Gasteiger partial charge in [0, 0.05) is 12.6 Å². The van der Waals surface area contributed by atoms with E-state index < -0.39 is 0 Å². The summed E-state index contributed by atoms with van der Waals surface area (Å²) < 4.78 is 13.5. The molecule has 0 atom stereocenters. The minimum absolute atomic E-state index is 0.263. The smallest absolute Gasteiger partial charge is 0.158 e. The molecule has 2 heterocycles. The van der Waals surface area contributed by atoms with E-state index in [4.69, 9.17) is 0 Å². The van der Waals surface area contributed by atoms with Gasteiger partial charge in [0.25, 0.3) is 0 Å². The third-order valence-electron chi connectivity index (χ3n) is 3.79. The summed E-state index contributed by atoms with van der Waals surface area (Å²) in [4.78, 5) is 7.96. The molecule has 6 heteroatoms. The third-order valence-corrected chi connectivity index (χ3v) is 3.79. The van der Waals surface area contributed by atoms with Gasteiger partial charge >= 0.3 is 0 Å². The van der Waals surface area contributed by atoms with Gasteiger partial charge < -0.3 is 10.3 Å². The van der Waals surface area contributed by atoms with Gasteiger partial charge in [-0.25, -0.2) is 9.37 Å². The molecule has 0 bridgehead atoms. The van der Waals surface area contributed by atoms with Gasteiger partial charge in [-0.3, -0.25) is 5.10 Å². The highest BCUT2D eigenvalue weighted by Crippen LogP contribution is 2.31. The molecule has 114 valence electrons. The Morgan fingerprint density at radius 2 is 2.00 bits per heavy atom. The molecule has 5 nitrogen and oxygen atoms in total. The molecular formula is C17H14FN5. The van der Waals surface area contributed by atoms with Gasteiger partial charge in [0.05, 0.1) is 22.9 Å². The van der Waals surface area contributed by atoms with Crippen LogP contribution in [0.4, 0.5) is 10.1 Å². The van der Waals surface area contributed by atoms with Gasteiger partial charge in [-0.2, -0.15) is 5.10 Å². The first kappa shape index (κ1) is 13.5. The lowest BCUT2D eigenvalue weighted by Crippen LogP contribution is -1.90. The molecule has 0 unspecified atom stereocenters. The Morgan fingerprint density at radius 1 is 1.13 bits per heavy atom. The van der Waals surface area contributed by atoms with Gasteiger partial charge in [-0.05, 0) is 23.8 Å². The SMILES string of the molecule is CNc1cn[nH]c1-c1nc2c(-c3cccc(F)c3)cccc2[nH]1. The van der Waals surface area contributed by atoms with Crippen LogP contribution in [-0.2, 0) is 0 Å². The molecule has 0 fully saturated rings. The Morgan fingerprint density at radius 3 is 2.83 bits per heavy atom. The number of rotatable bonds is 3. The lowest BCUT2D eigenvalue weighted by atomic mass is 10.0. The minimum Gasteiger partial charge on any atom is -0.385 e. The third kappa shape index (κ3) is 2.24. The van der Waals surface area contributed by atoms with Gasteiger partial charge in [0.2, 0.25) is 0 Å². The van der Waals surface area contributed by atoms with Crippen LogP contribution in [0.2, 0.25) is 0 Å². The van der Waals surface area contributed by atoms with Crippen molar-refractivity contribution >= 4 is 16.7 Å². The summed E-state index contributed by atoms with van der Waals surface area (Å²) >= 11 is 0. The molecule has 0 amide bonds. The number of fused-ring (bicyclic) bond motifs is 1. The lowest BCUT2D eigenvalue weighted by molar-refractivity contribution is 0.628. The van der Waals surface area contributed by atoms with Crippen molar-refractivity contribution in [2.24, 2.45) is 0 Å². The van der Waals surface area contributed by atoms with Gasteiger partial charge in [-0.15, -0.1) is 0 Å². The number of hydrogen-bond acceptors (Lipinski definition) is 3. The van der Waals surface area contributed by atoms with Crippen molar-refractivity contribution in [1.29, 1.82) is 0 Å².